The van der Waals surface area contributed by atoms with Gasteiger partial charge in [-0.05, 0) is 26.2 Å². The average molecular weight is 287 g/mol. The number of aryl methyl sites for hydroxylation is 1. The highest BCUT2D eigenvalue weighted by molar-refractivity contribution is 5.45. The highest BCUT2D eigenvalue weighted by atomic mass is 16.5. The quantitative estimate of drug-likeness (QED) is 0.860. The van der Waals surface area contributed by atoms with Crippen LogP contribution in [-0.4, -0.2) is 35.3 Å². The SMILES string of the molecule is Cc1cc(N(C)Cc2ccon2)nc(N2CCCCC2)n1. The Kier molecular flexibility index (Phi) is 4.03. The van der Waals surface area contributed by atoms with Crippen molar-refractivity contribution in [3.63, 3.8) is 0 Å². The second-order valence-corrected chi connectivity index (χ2v) is 5.56. The Morgan fingerprint density at radius 2 is 2.05 bits per heavy atom. The van der Waals surface area contributed by atoms with Crippen molar-refractivity contribution in [1.82, 2.24) is 15.1 Å². The summed E-state index contributed by atoms with van der Waals surface area (Å²) < 4.78 is 4.88. The standard InChI is InChI=1S/C15H21N5O/c1-12-10-14(19(2)11-13-6-9-21-18-13)17-15(16-12)20-7-4-3-5-8-20/h6,9-10H,3-5,7-8,11H2,1-2H3. The number of nitrogens with zero attached hydrogens (tertiary/aromatic N) is 5. The smallest absolute Gasteiger partial charge is 0.227 e. The Morgan fingerprint density at radius 3 is 2.76 bits per heavy atom. The zero-order valence-electron chi connectivity index (χ0n) is 12.6. The molecular weight excluding hydrogens is 266 g/mol. The zero-order valence-corrected chi connectivity index (χ0v) is 12.6. The lowest BCUT2D eigenvalue weighted by Crippen LogP contribution is -2.31. The first-order valence-corrected chi connectivity index (χ1v) is 7.43. The van der Waals surface area contributed by atoms with E-state index in [1.807, 2.05) is 26.1 Å². The van der Waals surface area contributed by atoms with Gasteiger partial charge in [-0.1, -0.05) is 5.16 Å². The highest BCUT2D eigenvalue weighted by Gasteiger charge is 2.16. The van der Waals surface area contributed by atoms with Crippen LogP contribution in [0.5, 0.6) is 0 Å². The van der Waals surface area contributed by atoms with Gasteiger partial charge >= 0.3 is 0 Å². The highest BCUT2D eigenvalue weighted by Crippen LogP contribution is 2.20. The molecule has 1 aliphatic heterocycles. The van der Waals surface area contributed by atoms with Gasteiger partial charge in [0.05, 0.1) is 6.54 Å². The minimum Gasteiger partial charge on any atom is -0.364 e. The molecule has 0 atom stereocenters. The molecule has 1 aliphatic rings. The molecule has 112 valence electrons. The molecule has 6 nitrogen and oxygen atoms in total. The maximum Gasteiger partial charge on any atom is 0.227 e. The first-order chi connectivity index (χ1) is 10.2. The predicted molar refractivity (Wildman–Crippen MR) is 81.4 cm³/mol. The Bertz CT molecular complexity index is 578. The van der Waals surface area contributed by atoms with Gasteiger partial charge in [0.2, 0.25) is 5.95 Å². The van der Waals surface area contributed by atoms with Crippen molar-refractivity contribution < 1.29 is 4.52 Å². The van der Waals surface area contributed by atoms with Gasteiger partial charge < -0.3 is 14.3 Å². The lowest BCUT2D eigenvalue weighted by atomic mass is 10.1. The Hall–Kier alpha value is -2.11. The van der Waals surface area contributed by atoms with Crippen molar-refractivity contribution >= 4 is 11.8 Å². The van der Waals surface area contributed by atoms with Crippen molar-refractivity contribution in [2.45, 2.75) is 32.7 Å². The van der Waals surface area contributed by atoms with Crippen molar-refractivity contribution in [2.75, 3.05) is 29.9 Å². The van der Waals surface area contributed by atoms with Crippen LogP contribution in [0.3, 0.4) is 0 Å². The van der Waals surface area contributed by atoms with Crippen LogP contribution in [0, 0.1) is 6.92 Å². The maximum atomic E-state index is 4.88. The Labute approximate surface area is 124 Å². The van der Waals surface area contributed by atoms with E-state index in [4.69, 9.17) is 9.51 Å². The van der Waals surface area contributed by atoms with Gasteiger partial charge in [0.15, 0.2) is 0 Å². The van der Waals surface area contributed by atoms with E-state index < -0.39 is 0 Å². The molecule has 0 aliphatic carbocycles. The van der Waals surface area contributed by atoms with Crippen LogP contribution in [0.15, 0.2) is 22.9 Å². The van der Waals surface area contributed by atoms with E-state index in [0.29, 0.717) is 6.54 Å². The summed E-state index contributed by atoms with van der Waals surface area (Å²) in [6.07, 6.45) is 5.34. The van der Waals surface area contributed by atoms with Crippen LogP contribution in [0.25, 0.3) is 0 Å². The number of piperidine rings is 1. The Morgan fingerprint density at radius 1 is 1.24 bits per heavy atom. The number of rotatable bonds is 4. The average Bonchev–Trinajstić information content (AvgIpc) is 3.00. The Balaban J connectivity index is 1.79. The van der Waals surface area contributed by atoms with E-state index in [2.05, 4.69) is 19.9 Å². The molecule has 0 saturated carbocycles. The van der Waals surface area contributed by atoms with E-state index in [1.54, 1.807) is 6.26 Å². The van der Waals surface area contributed by atoms with Gasteiger partial charge in [0.25, 0.3) is 0 Å². The lowest BCUT2D eigenvalue weighted by molar-refractivity contribution is 0.411. The van der Waals surface area contributed by atoms with E-state index in [1.165, 1.54) is 19.3 Å². The van der Waals surface area contributed by atoms with Gasteiger partial charge in [0.1, 0.15) is 17.8 Å². The fourth-order valence-corrected chi connectivity index (χ4v) is 2.61. The molecule has 3 heterocycles. The summed E-state index contributed by atoms with van der Waals surface area (Å²) in [5.74, 6) is 1.77. The summed E-state index contributed by atoms with van der Waals surface area (Å²) in [5.41, 5.74) is 1.89. The first-order valence-electron chi connectivity index (χ1n) is 7.43. The van der Waals surface area contributed by atoms with Gasteiger partial charge in [-0.2, -0.15) is 4.98 Å². The summed E-state index contributed by atoms with van der Waals surface area (Å²) in [7, 11) is 2.01. The molecule has 0 bridgehead atoms. The second-order valence-electron chi connectivity index (χ2n) is 5.56. The lowest BCUT2D eigenvalue weighted by Gasteiger charge is -2.28. The molecule has 2 aromatic rings. The van der Waals surface area contributed by atoms with Gasteiger partial charge in [-0.25, -0.2) is 4.98 Å². The normalized spacial score (nSPS) is 15.2. The maximum absolute atomic E-state index is 4.88. The van der Waals surface area contributed by atoms with E-state index in [9.17, 15) is 0 Å². The molecule has 0 unspecified atom stereocenters. The molecule has 0 N–H and O–H groups in total. The third-order valence-electron chi connectivity index (χ3n) is 3.75. The monoisotopic (exact) mass is 287 g/mol. The molecule has 2 aromatic heterocycles. The number of aromatic nitrogens is 3. The minimum absolute atomic E-state index is 0.673. The van der Waals surface area contributed by atoms with Crippen LogP contribution in [0.4, 0.5) is 11.8 Å². The molecule has 1 saturated heterocycles. The fraction of sp³-hybridized carbons (Fsp3) is 0.533. The topological polar surface area (TPSA) is 58.3 Å². The molecular formula is C15H21N5O. The predicted octanol–water partition coefficient (Wildman–Crippen LogP) is 2.40. The third kappa shape index (κ3) is 3.32. The number of anilines is 2. The van der Waals surface area contributed by atoms with Crippen molar-refractivity contribution in [2.24, 2.45) is 0 Å². The van der Waals surface area contributed by atoms with E-state index in [0.717, 1.165) is 36.2 Å². The van der Waals surface area contributed by atoms with Crippen LogP contribution >= 0.6 is 0 Å². The van der Waals surface area contributed by atoms with Gasteiger partial charge in [0, 0.05) is 38.0 Å². The summed E-state index contributed by atoms with van der Waals surface area (Å²) in [6, 6.07) is 3.88. The van der Waals surface area contributed by atoms with Crippen molar-refractivity contribution in [3.8, 4) is 0 Å². The van der Waals surface area contributed by atoms with Crippen LogP contribution < -0.4 is 9.80 Å². The van der Waals surface area contributed by atoms with Crippen molar-refractivity contribution in [1.29, 1.82) is 0 Å². The molecule has 1 fully saturated rings. The summed E-state index contributed by atoms with van der Waals surface area (Å²) in [4.78, 5) is 13.7. The molecule has 0 spiro atoms. The molecule has 0 aromatic carbocycles. The molecule has 0 amide bonds. The molecule has 6 heteroatoms. The fourth-order valence-electron chi connectivity index (χ4n) is 2.61. The van der Waals surface area contributed by atoms with Crippen molar-refractivity contribution in [3.05, 3.63) is 29.8 Å². The van der Waals surface area contributed by atoms with Crippen LogP contribution in [0.1, 0.15) is 30.7 Å². The minimum atomic E-state index is 0.673. The summed E-state index contributed by atoms with van der Waals surface area (Å²) in [6.45, 7) is 4.79. The summed E-state index contributed by atoms with van der Waals surface area (Å²) in [5, 5.41) is 3.95. The van der Waals surface area contributed by atoms with Crippen LogP contribution in [-0.2, 0) is 6.54 Å². The van der Waals surface area contributed by atoms with E-state index in [-0.39, 0.29) is 0 Å². The third-order valence-corrected chi connectivity index (χ3v) is 3.75. The zero-order chi connectivity index (χ0) is 14.7. The summed E-state index contributed by atoms with van der Waals surface area (Å²) >= 11 is 0. The first kappa shape index (κ1) is 13.9. The second kappa shape index (κ2) is 6.11. The van der Waals surface area contributed by atoms with E-state index >= 15 is 0 Å². The van der Waals surface area contributed by atoms with Gasteiger partial charge in [-0.15, -0.1) is 0 Å². The number of hydrogen-bond acceptors (Lipinski definition) is 6. The number of hydrogen-bond donors (Lipinski definition) is 0. The van der Waals surface area contributed by atoms with Gasteiger partial charge in [-0.3, -0.25) is 0 Å². The molecule has 21 heavy (non-hydrogen) atoms. The largest absolute Gasteiger partial charge is 0.364 e. The molecule has 0 radical (unpaired) electrons. The van der Waals surface area contributed by atoms with Crippen LogP contribution in [0.2, 0.25) is 0 Å². The molecule has 3 rings (SSSR count).